The lowest BCUT2D eigenvalue weighted by atomic mass is 10.1. The van der Waals surface area contributed by atoms with E-state index in [1.807, 2.05) is 11.7 Å². The van der Waals surface area contributed by atoms with Gasteiger partial charge in [-0.25, -0.2) is 4.98 Å². The molecule has 116 valence electrons. The van der Waals surface area contributed by atoms with E-state index in [1.165, 1.54) is 13.3 Å². The number of amides is 1. The van der Waals surface area contributed by atoms with Crippen LogP contribution < -0.4 is 5.32 Å². The first-order chi connectivity index (χ1) is 10.7. The summed E-state index contributed by atoms with van der Waals surface area (Å²) in [7, 11) is 0. The number of nitrogens with one attached hydrogen (secondary N) is 1. The smallest absolute Gasteiger partial charge is 0.217 e. The minimum absolute atomic E-state index is 0.0192. The van der Waals surface area contributed by atoms with E-state index in [0.717, 1.165) is 36.5 Å². The third-order valence-electron chi connectivity index (χ3n) is 3.94. The van der Waals surface area contributed by atoms with Gasteiger partial charge < -0.3 is 5.32 Å². The summed E-state index contributed by atoms with van der Waals surface area (Å²) in [5.41, 5.74) is 5.16. The minimum atomic E-state index is -0.0192. The van der Waals surface area contributed by atoms with Gasteiger partial charge in [0, 0.05) is 31.6 Å². The molecule has 1 fully saturated rings. The van der Waals surface area contributed by atoms with Gasteiger partial charge in [-0.05, 0) is 31.0 Å². The number of hydrogen-bond donors (Lipinski definition) is 1. The molecule has 1 amide bonds. The Bertz CT molecular complexity index is 612. The predicted molar refractivity (Wildman–Crippen MR) is 86.3 cm³/mol. The van der Waals surface area contributed by atoms with E-state index < -0.39 is 0 Å². The Hall–Kier alpha value is -1.79. The van der Waals surface area contributed by atoms with Crippen LogP contribution in [0.3, 0.4) is 0 Å². The van der Waals surface area contributed by atoms with Gasteiger partial charge >= 0.3 is 0 Å². The van der Waals surface area contributed by atoms with Crippen molar-refractivity contribution in [2.75, 3.05) is 6.54 Å². The lowest BCUT2D eigenvalue weighted by Crippen LogP contribution is -2.24. The zero-order valence-corrected chi connectivity index (χ0v) is 13.5. The molecule has 0 unspecified atom stereocenters. The fraction of sp³-hybridized carbons (Fsp3) is 0.438. The molecule has 0 spiro atoms. The SMILES string of the molecule is CC(=O)NCc1ccc([C@H]2CCCN2Cc2cscn2)nc1. The second-order valence-corrected chi connectivity index (χ2v) is 6.33. The van der Waals surface area contributed by atoms with E-state index in [4.69, 9.17) is 0 Å². The van der Waals surface area contributed by atoms with Crippen molar-refractivity contribution in [2.45, 2.75) is 38.9 Å². The van der Waals surface area contributed by atoms with Gasteiger partial charge in [-0.1, -0.05) is 6.07 Å². The monoisotopic (exact) mass is 316 g/mol. The Labute approximate surface area is 134 Å². The summed E-state index contributed by atoms with van der Waals surface area (Å²) in [4.78, 5) is 22.4. The maximum Gasteiger partial charge on any atom is 0.217 e. The number of aromatic nitrogens is 2. The molecule has 0 aromatic carbocycles. The van der Waals surface area contributed by atoms with Crippen LogP contribution in [0.5, 0.6) is 0 Å². The number of hydrogen-bond acceptors (Lipinski definition) is 5. The Kier molecular flexibility index (Phi) is 4.80. The first kappa shape index (κ1) is 15.1. The molecule has 0 bridgehead atoms. The number of thiazole rings is 1. The molecule has 3 rings (SSSR count). The predicted octanol–water partition coefficient (Wildman–Crippen LogP) is 2.51. The van der Waals surface area contributed by atoms with Crippen LogP contribution in [0.1, 0.15) is 42.8 Å². The third kappa shape index (κ3) is 3.69. The first-order valence-electron chi connectivity index (χ1n) is 7.53. The Morgan fingerprint density at radius 2 is 2.36 bits per heavy atom. The molecule has 6 heteroatoms. The summed E-state index contributed by atoms with van der Waals surface area (Å²) < 4.78 is 0. The van der Waals surface area contributed by atoms with Gasteiger partial charge in [0.15, 0.2) is 0 Å². The van der Waals surface area contributed by atoms with E-state index in [9.17, 15) is 4.79 Å². The summed E-state index contributed by atoms with van der Waals surface area (Å²) in [6.07, 6.45) is 4.21. The highest BCUT2D eigenvalue weighted by atomic mass is 32.1. The molecular formula is C16H20N4OS. The standard InChI is InChI=1S/C16H20N4OS/c1-12(21)17-7-13-4-5-15(18-8-13)16-3-2-6-20(16)9-14-10-22-11-19-14/h4-5,8,10-11,16H,2-3,6-7,9H2,1H3,(H,17,21)/t16-/m1/s1. The average molecular weight is 316 g/mol. The number of nitrogens with zero attached hydrogens (tertiary/aromatic N) is 3. The van der Waals surface area contributed by atoms with Crippen molar-refractivity contribution >= 4 is 17.2 Å². The molecule has 5 nitrogen and oxygen atoms in total. The number of pyridine rings is 1. The second-order valence-electron chi connectivity index (χ2n) is 5.61. The van der Waals surface area contributed by atoms with E-state index in [0.29, 0.717) is 12.6 Å². The Balaban J connectivity index is 1.65. The van der Waals surface area contributed by atoms with Gasteiger partial charge in [0.1, 0.15) is 0 Å². The van der Waals surface area contributed by atoms with E-state index >= 15 is 0 Å². The molecule has 2 aromatic heterocycles. The number of likely N-dealkylation sites (tertiary alicyclic amines) is 1. The van der Waals surface area contributed by atoms with Crippen molar-refractivity contribution in [3.05, 3.63) is 46.2 Å². The summed E-state index contributed by atoms with van der Waals surface area (Å²) in [5.74, 6) is -0.0192. The maximum atomic E-state index is 10.9. The fourth-order valence-corrected chi connectivity index (χ4v) is 3.39. The Morgan fingerprint density at radius 3 is 3.05 bits per heavy atom. The fourth-order valence-electron chi connectivity index (χ4n) is 2.84. The molecule has 1 N–H and O–H groups in total. The van der Waals surface area contributed by atoms with Gasteiger partial charge in [0.25, 0.3) is 0 Å². The summed E-state index contributed by atoms with van der Waals surface area (Å²) in [5, 5.41) is 4.90. The van der Waals surface area contributed by atoms with Gasteiger partial charge in [-0.15, -0.1) is 11.3 Å². The molecular weight excluding hydrogens is 296 g/mol. The maximum absolute atomic E-state index is 10.9. The van der Waals surface area contributed by atoms with Crippen LogP contribution in [-0.2, 0) is 17.9 Å². The molecule has 2 aromatic rings. The molecule has 0 radical (unpaired) electrons. The van der Waals surface area contributed by atoms with E-state index in [1.54, 1.807) is 11.3 Å². The first-order valence-corrected chi connectivity index (χ1v) is 8.47. The van der Waals surface area contributed by atoms with Crippen molar-refractivity contribution in [1.82, 2.24) is 20.2 Å². The van der Waals surface area contributed by atoms with E-state index in [2.05, 4.69) is 37.7 Å². The van der Waals surface area contributed by atoms with Gasteiger partial charge in [0.05, 0.1) is 22.9 Å². The third-order valence-corrected chi connectivity index (χ3v) is 4.58. The molecule has 1 aliphatic rings. The Morgan fingerprint density at radius 1 is 1.45 bits per heavy atom. The molecule has 3 heterocycles. The second kappa shape index (κ2) is 6.98. The molecule has 22 heavy (non-hydrogen) atoms. The molecule has 1 aliphatic heterocycles. The largest absolute Gasteiger partial charge is 0.352 e. The molecule has 1 atom stereocenters. The lowest BCUT2D eigenvalue weighted by molar-refractivity contribution is -0.119. The highest BCUT2D eigenvalue weighted by Gasteiger charge is 2.27. The molecule has 0 saturated carbocycles. The van der Waals surface area contributed by atoms with Gasteiger partial charge in [-0.3, -0.25) is 14.7 Å². The van der Waals surface area contributed by atoms with Crippen molar-refractivity contribution < 1.29 is 4.79 Å². The van der Waals surface area contributed by atoms with Crippen molar-refractivity contribution in [3.8, 4) is 0 Å². The number of rotatable bonds is 5. The van der Waals surface area contributed by atoms with Crippen molar-refractivity contribution in [2.24, 2.45) is 0 Å². The number of carbonyl (C=O) groups is 1. The highest BCUT2D eigenvalue weighted by Crippen LogP contribution is 2.32. The van der Waals surface area contributed by atoms with Crippen LogP contribution >= 0.6 is 11.3 Å². The van der Waals surface area contributed by atoms with Crippen LogP contribution in [0, 0.1) is 0 Å². The lowest BCUT2D eigenvalue weighted by Gasteiger charge is -2.23. The normalized spacial score (nSPS) is 18.5. The van der Waals surface area contributed by atoms with E-state index in [-0.39, 0.29) is 5.91 Å². The minimum Gasteiger partial charge on any atom is -0.352 e. The topological polar surface area (TPSA) is 58.1 Å². The van der Waals surface area contributed by atoms with Crippen LogP contribution in [0.4, 0.5) is 0 Å². The summed E-state index contributed by atoms with van der Waals surface area (Å²) in [6, 6.07) is 4.51. The zero-order chi connectivity index (χ0) is 15.4. The average Bonchev–Trinajstić information content (AvgIpc) is 3.18. The van der Waals surface area contributed by atoms with Crippen molar-refractivity contribution in [1.29, 1.82) is 0 Å². The zero-order valence-electron chi connectivity index (χ0n) is 12.7. The van der Waals surface area contributed by atoms with Crippen LogP contribution in [0.25, 0.3) is 0 Å². The van der Waals surface area contributed by atoms with Gasteiger partial charge in [-0.2, -0.15) is 0 Å². The van der Waals surface area contributed by atoms with Crippen molar-refractivity contribution in [3.63, 3.8) is 0 Å². The summed E-state index contributed by atoms with van der Waals surface area (Å²) >= 11 is 1.64. The quantitative estimate of drug-likeness (QED) is 0.921. The highest BCUT2D eigenvalue weighted by molar-refractivity contribution is 7.07. The molecule has 0 aliphatic carbocycles. The number of carbonyl (C=O) groups excluding carboxylic acids is 1. The van der Waals surface area contributed by atoms with Crippen LogP contribution in [-0.4, -0.2) is 27.3 Å². The van der Waals surface area contributed by atoms with Gasteiger partial charge in [0.2, 0.25) is 5.91 Å². The summed E-state index contributed by atoms with van der Waals surface area (Å²) in [6.45, 7) is 4.05. The van der Waals surface area contributed by atoms with Crippen LogP contribution in [0.2, 0.25) is 0 Å². The molecule has 1 saturated heterocycles. The van der Waals surface area contributed by atoms with Crippen LogP contribution in [0.15, 0.2) is 29.2 Å².